The van der Waals surface area contributed by atoms with Gasteiger partial charge in [-0.25, -0.2) is 0 Å². The number of ether oxygens (including phenoxy) is 1. The number of benzene rings is 2. The summed E-state index contributed by atoms with van der Waals surface area (Å²) in [6.07, 6.45) is 0. The summed E-state index contributed by atoms with van der Waals surface area (Å²) in [6.45, 7) is 2.24. The van der Waals surface area contributed by atoms with Crippen LogP contribution in [-0.4, -0.2) is 12.5 Å². The van der Waals surface area contributed by atoms with Crippen LogP contribution in [0.2, 0.25) is 10.0 Å². The van der Waals surface area contributed by atoms with Gasteiger partial charge in [-0.2, -0.15) is 0 Å². The Bertz CT molecular complexity index is 675. The molecule has 0 fully saturated rings. The third kappa shape index (κ3) is 3.60. The molecule has 2 aromatic rings. The van der Waals surface area contributed by atoms with Gasteiger partial charge in [0.15, 0.2) is 5.75 Å². The molecule has 4 nitrogen and oxygen atoms in total. The van der Waals surface area contributed by atoms with E-state index in [0.717, 1.165) is 0 Å². The van der Waals surface area contributed by atoms with Crippen LogP contribution in [0.4, 0.5) is 11.4 Å². The molecule has 110 valence electrons. The predicted molar refractivity (Wildman–Crippen MR) is 86.4 cm³/mol. The first-order valence-corrected chi connectivity index (χ1v) is 7.06. The summed E-state index contributed by atoms with van der Waals surface area (Å²) in [4.78, 5) is 12.3. The Labute approximate surface area is 132 Å². The second-order valence-electron chi connectivity index (χ2n) is 4.24. The van der Waals surface area contributed by atoms with Gasteiger partial charge in [0.05, 0.1) is 27.9 Å². The topological polar surface area (TPSA) is 64.3 Å². The Hall–Kier alpha value is -1.91. The predicted octanol–water partition coefficient (Wildman–Crippen LogP) is 4.23. The second-order valence-corrected chi connectivity index (χ2v) is 5.05. The van der Waals surface area contributed by atoms with Crippen molar-refractivity contribution in [2.75, 3.05) is 17.7 Å². The van der Waals surface area contributed by atoms with E-state index in [1.54, 1.807) is 36.4 Å². The van der Waals surface area contributed by atoms with E-state index in [1.165, 1.54) is 0 Å². The first-order valence-electron chi connectivity index (χ1n) is 6.30. The van der Waals surface area contributed by atoms with Crippen LogP contribution in [0.25, 0.3) is 0 Å². The minimum Gasteiger partial charge on any atom is -0.491 e. The van der Waals surface area contributed by atoms with E-state index in [4.69, 9.17) is 33.7 Å². The lowest BCUT2D eigenvalue weighted by Gasteiger charge is -2.13. The van der Waals surface area contributed by atoms with Crippen molar-refractivity contribution < 1.29 is 9.53 Å². The van der Waals surface area contributed by atoms with Gasteiger partial charge in [0.1, 0.15) is 0 Å². The molecular formula is C15H14Cl2N2O2. The van der Waals surface area contributed by atoms with Crippen molar-refractivity contribution in [2.24, 2.45) is 0 Å². The molecule has 0 saturated heterocycles. The molecule has 2 rings (SSSR count). The maximum atomic E-state index is 12.3. The zero-order chi connectivity index (χ0) is 15.4. The lowest BCUT2D eigenvalue weighted by atomic mass is 10.1. The molecule has 6 heteroatoms. The molecule has 2 aromatic carbocycles. The Morgan fingerprint density at radius 2 is 2.00 bits per heavy atom. The van der Waals surface area contributed by atoms with Crippen molar-refractivity contribution in [1.29, 1.82) is 0 Å². The summed E-state index contributed by atoms with van der Waals surface area (Å²) in [5.41, 5.74) is 7.16. The highest BCUT2D eigenvalue weighted by atomic mass is 35.5. The molecule has 0 unspecified atom stereocenters. The Morgan fingerprint density at radius 1 is 1.24 bits per heavy atom. The van der Waals surface area contributed by atoms with E-state index >= 15 is 0 Å². The molecule has 0 aromatic heterocycles. The largest absolute Gasteiger partial charge is 0.491 e. The molecule has 0 spiro atoms. The van der Waals surface area contributed by atoms with Gasteiger partial charge in [-0.15, -0.1) is 0 Å². The third-order valence-corrected chi connectivity index (χ3v) is 3.50. The average molecular weight is 325 g/mol. The number of hydrogen-bond acceptors (Lipinski definition) is 3. The van der Waals surface area contributed by atoms with Crippen LogP contribution >= 0.6 is 23.2 Å². The maximum Gasteiger partial charge on any atom is 0.259 e. The molecule has 0 bridgehead atoms. The molecule has 1 amide bonds. The Balaban J connectivity index is 2.28. The van der Waals surface area contributed by atoms with Crippen LogP contribution in [0.15, 0.2) is 36.4 Å². The van der Waals surface area contributed by atoms with E-state index in [0.29, 0.717) is 39.3 Å². The SMILES string of the molecule is CCOc1c(N)cccc1C(=O)Nc1ccc(Cl)c(Cl)c1. The van der Waals surface area contributed by atoms with Gasteiger partial charge in [0.2, 0.25) is 0 Å². The Morgan fingerprint density at radius 3 is 2.67 bits per heavy atom. The van der Waals surface area contributed by atoms with E-state index < -0.39 is 0 Å². The molecule has 3 N–H and O–H groups in total. The van der Waals surface area contributed by atoms with Crippen molar-refractivity contribution in [1.82, 2.24) is 0 Å². The number of nitrogens with one attached hydrogen (secondary N) is 1. The first-order chi connectivity index (χ1) is 10.0. The molecule has 0 aliphatic heterocycles. The van der Waals surface area contributed by atoms with Crippen molar-refractivity contribution in [2.45, 2.75) is 6.92 Å². The monoisotopic (exact) mass is 324 g/mol. The zero-order valence-electron chi connectivity index (χ0n) is 11.3. The van der Waals surface area contributed by atoms with Crippen LogP contribution in [0.3, 0.4) is 0 Å². The van der Waals surface area contributed by atoms with Gasteiger partial charge in [-0.05, 0) is 37.3 Å². The summed E-state index contributed by atoms with van der Waals surface area (Å²) in [6, 6.07) is 9.88. The van der Waals surface area contributed by atoms with Crippen LogP contribution in [0, 0.1) is 0 Å². The van der Waals surface area contributed by atoms with Gasteiger partial charge in [0, 0.05) is 5.69 Å². The highest BCUT2D eigenvalue weighted by Gasteiger charge is 2.15. The van der Waals surface area contributed by atoms with E-state index in [1.807, 2.05) is 6.92 Å². The van der Waals surface area contributed by atoms with Crippen LogP contribution in [0.5, 0.6) is 5.75 Å². The van der Waals surface area contributed by atoms with Gasteiger partial charge in [-0.3, -0.25) is 4.79 Å². The van der Waals surface area contributed by atoms with Crippen molar-refractivity contribution in [3.05, 3.63) is 52.0 Å². The van der Waals surface area contributed by atoms with Gasteiger partial charge in [0.25, 0.3) is 5.91 Å². The quantitative estimate of drug-likeness (QED) is 0.827. The van der Waals surface area contributed by atoms with Gasteiger partial charge < -0.3 is 15.8 Å². The Kier molecular flexibility index (Phi) is 4.94. The number of amides is 1. The number of halogens is 2. The summed E-state index contributed by atoms with van der Waals surface area (Å²) >= 11 is 11.8. The fourth-order valence-electron chi connectivity index (χ4n) is 1.81. The lowest BCUT2D eigenvalue weighted by molar-refractivity contribution is 0.102. The van der Waals surface area contributed by atoms with Crippen molar-refractivity contribution >= 4 is 40.5 Å². The molecule has 0 aliphatic rings. The smallest absolute Gasteiger partial charge is 0.259 e. The lowest BCUT2D eigenvalue weighted by Crippen LogP contribution is -2.14. The van der Waals surface area contributed by atoms with Crippen molar-refractivity contribution in [3.8, 4) is 5.75 Å². The number of para-hydroxylation sites is 1. The molecule has 0 saturated carbocycles. The van der Waals surface area contributed by atoms with Crippen LogP contribution < -0.4 is 15.8 Å². The second kappa shape index (κ2) is 6.70. The molecule has 0 radical (unpaired) electrons. The summed E-state index contributed by atoms with van der Waals surface area (Å²) < 4.78 is 5.44. The molecule has 0 heterocycles. The summed E-state index contributed by atoms with van der Waals surface area (Å²) in [5.74, 6) is 0.0432. The number of carbonyl (C=O) groups is 1. The summed E-state index contributed by atoms with van der Waals surface area (Å²) in [5, 5.41) is 3.53. The zero-order valence-corrected chi connectivity index (χ0v) is 12.8. The minimum absolute atomic E-state index is 0.330. The minimum atomic E-state index is -0.330. The average Bonchev–Trinajstić information content (AvgIpc) is 2.45. The normalized spacial score (nSPS) is 10.2. The van der Waals surface area contributed by atoms with Crippen LogP contribution in [0.1, 0.15) is 17.3 Å². The van der Waals surface area contributed by atoms with Crippen LogP contribution in [-0.2, 0) is 0 Å². The van der Waals surface area contributed by atoms with E-state index in [-0.39, 0.29) is 5.91 Å². The number of rotatable bonds is 4. The van der Waals surface area contributed by atoms with Gasteiger partial charge in [-0.1, -0.05) is 29.3 Å². The van der Waals surface area contributed by atoms with E-state index in [9.17, 15) is 4.79 Å². The van der Waals surface area contributed by atoms with Crippen molar-refractivity contribution in [3.63, 3.8) is 0 Å². The number of nitrogens with two attached hydrogens (primary N) is 1. The molecular weight excluding hydrogens is 311 g/mol. The number of nitrogen functional groups attached to an aromatic ring is 1. The number of anilines is 2. The highest BCUT2D eigenvalue weighted by molar-refractivity contribution is 6.42. The standard InChI is InChI=1S/C15H14Cl2N2O2/c1-2-21-14-10(4-3-5-13(14)18)15(20)19-9-6-7-11(16)12(17)8-9/h3-8H,2,18H2,1H3,(H,19,20). The number of hydrogen-bond donors (Lipinski definition) is 2. The van der Waals surface area contributed by atoms with E-state index in [2.05, 4.69) is 5.32 Å². The highest BCUT2D eigenvalue weighted by Crippen LogP contribution is 2.29. The summed E-state index contributed by atoms with van der Waals surface area (Å²) in [7, 11) is 0. The fourth-order valence-corrected chi connectivity index (χ4v) is 2.11. The fraction of sp³-hybridized carbons (Fsp3) is 0.133. The molecule has 0 aliphatic carbocycles. The number of carbonyl (C=O) groups excluding carboxylic acids is 1. The third-order valence-electron chi connectivity index (χ3n) is 2.76. The molecule has 21 heavy (non-hydrogen) atoms. The maximum absolute atomic E-state index is 12.3. The first kappa shape index (κ1) is 15.5. The molecule has 0 atom stereocenters. The van der Waals surface area contributed by atoms with Gasteiger partial charge >= 0.3 is 0 Å².